The molecule has 1 amide bonds. The van der Waals surface area contributed by atoms with Gasteiger partial charge < -0.3 is 10.3 Å². The van der Waals surface area contributed by atoms with Gasteiger partial charge in [0.1, 0.15) is 0 Å². The monoisotopic (exact) mass is 220 g/mol. The summed E-state index contributed by atoms with van der Waals surface area (Å²) >= 11 is 0. The van der Waals surface area contributed by atoms with E-state index in [9.17, 15) is 9.59 Å². The first-order chi connectivity index (χ1) is 7.59. The van der Waals surface area contributed by atoms with Gasteiger partial charge in [-0.2, -0.15) is 0 Å². The molecule has 0 aromatic carbocycles. The van der Waals surface area contributed by atoms with E-state index >= 15 is 0 Å². The van der Waals surface area contributed by atoms with E-state index in [4.69, 9.17) is 5.73 Å². The van der Waals surface area contributed by atoms with E-state index in [0.717, 1.165) is 29.8 Å². The second kappa shape index (κ2) is 4.12. The average Bonchev–Trinajstić information content (AvgIpc) is 2.53. The van der Waals surface area contributed by atoms with Crippen LogP contribution in [0, 0.1) is 6.92 Å². The van der Waals surface area contributed by atoms with Gasteiger partial charge in [-0.3, -0.25) is 9.59 Å². The fourth-order valence-corrected chi connectivity index (χ4v) is 2.32. The minimum absolute atomic E-state index is 0.224. The summed E-state index contributed by atoms with van der Waals surface area (Å²) in [5.74, 6) is -0.0776. The normalized spacial score (nSPS) is 14.9. The molecule has 0 spiro atoms. The zero-order chi connectivity index (χ0) is 11.7. The molecule has 0 radical (unpaired) electrons. The number of rotatable bonds is 3. The van der Waals surface area contributed by atoms with Gasteiger partial charge in [-0.15, -0.1) is 0 Å². The van der Waals surface area contributed by atoms with Crippen LogP contribution in [-0.4, -0.2) is 16.3 Å². The molecule has 1 aliphatic rings. The van der Waals surface area contributed by atoms with Crippen molar-refractivity contribution in [2.24, 2.45) is 5.73 Å². The van der Waals surface area contributed by atoms with Crippen LogP contribution in [0.4, 0.5) is 0 Å². The number of primary amides is 1. The lowest BCUT2D eigenvalue weighted by Gasteiger charge is -2.15. The standard InChI is InChI=1S/C12H16N2O2/c1-8-7-9-10(3-2-4-11(9)15)14(8)6-5-12(13)16/h7H,2-6H2,1H3,(H2,13,16). The van der Waals surface area contributed by atoms with Crippen molar-refractivity contribution >= 4 is 11.7 Å². The zero-order valence-electron chi connectivity index (χ0n) is 9.45. The van der Waals surface area contributed by atoms with Gasteiger partial charge in [0.2, 0.25) is 5.91 Å². The van der Waals surface area contributed by atoms with E-state index in [1.54, 1.807) is 0 Å². The highest BCUT2D eigenvalue weighted by atomic mass is 16.1. The summed E-state index contributed by atoms with van der Waals surface area (Å²) < 4.78 is 2.05. The van der Waals surface area contributed by atoms with Gasteiger partial charge in [-0.05, 0) is 25.8 Å². The smallest absolute Gasteiger partial charge is 0.219 e. The van der Waals surface area contributed by atoms with Gasteiger partial charge in [-0.25, -0.2) is 0 Å². The molecule has 0 unspecified atom stereocenters. The maximum Gasteiger partial charge on any atom is 0.219 e. The first-order valence-electron chi connectivity index (χ1n) is 5.60. The van der Waals surface area contributed by atoms with Crippen molar-refractivity contribution in [1.29, 1.82) is 0 Å². The number of nitrogens with two attached hydrogens (primary N) is 1. The Morgan fingerprint density at radius 1 is 1.50 bits per heavy atom. The molecule has 0 saturated heterocycles. The van der Waals surface area contributed by atoms with Crippen LogP contribution in [-0.2, 0) is 17.8 Å². The van der Waals surface area contributed by atoms with Crippen molar-refractivity contribution in [1.82, 2.24) is 4.57 Å². The Kier molecular flexibility index (Phi) is 2.81. The Bertz CT molecular complexity index is 446. The van der Waals surface area contributed by atoms with Gasteiger partial charge >= 0.3 is 0 Å². The van der Waals surface area contributed by atoms with Crippen LogP contribution in [0.3, 0.4) is 0 Å². The lowest BCUT2D eigenvalue weighted by Crippen LogP contribution is -2.18. The van der Waals surface area contributed by atoms with E-state index in [1.165, 1.54) is 0 Å². The maximum atomic E-state index is 11.7. The summed E-state index contributed by atoms with van der Waals surface area (Å²) in [4.78, 5) is 22.5. The summed E-state index contributed by atoms with van der Waals surface area (Å²) in [6.45, 7) is 2.55. The highest BCUT2D eigenvalue weighted by molar-refractivity contribution is 5.98. The van der Waals surface area contributed by atoms with Gasteiger partial charge in [0.05, 0.1) is 0 Å². The third kappa shape index (κ3) is 1.87. The minimum atomic E-state index is -0.302. The topological polar surface area (TPSA) is 65.1 Å². The Morgan fingerprint density at radius 2 is 2.25 bits per heavy atom. The Labute approximate surface area is 94.4 Å². The molecule has 16 heavy (non-hydrogen) atoms. The van der Waals surface area contributed by atoms with Crippen molar-refractivity contribution in [3.8, 4) is 0 Å². The number of carbonyl (C=O) groups is 2. The number of hydrogen-bond donors (Lipinski definition) is 1. The Morgan fingerprint density at radius 3 is 2.94 bits per heavy atom. The number of hydrogen-bond acceptors (Lipinski definition) is 2. The van der Waals surface area contributed by atoms with Gasteiger partial charge in [0.25, 0.3) is 0 Å². The van der Waals surface area contributed by atoms with Crippen LogP contribution in [0.15, 0.2) is 6.07 Å². The SMILES string of the molecule is Cc1cc2c(n1CCC(N)=O)CCCC2=O. The molecule has 4 nitrogen and oxygen atoms in total. The number of amides is 1. The number of aryl methyl sites for hydroxylation is 1. The van der Waals surface area contributed by atoms with Crippen LogP contribution < -0.4 is 5.73 Å². The summed E-state index contributed by atoms with van der Waals surface area (Å²) in [6.07, 6.45) is 2.81. The summed E-state index contributed by atoms with van der Waals surface area (Å²) in [5.41, 5.74) is 8.11. The number of ketones is 1. The molecule has 1 aromatic rings. The highest BCUT2D eigenvalue weighted by Gasteiger charge is 2.22. The fraction of sp³-hybridized carbons (Fsp3) is 0.500. The lowest BCUT2D eigenvalue weighted by atomic mass is 9.96. The molecule has 2 N–H and O–H groups in total. The predicted octanol–water partition coefficient (Wildman–Crippen LogP) is 1.19. The molecular weight excluding hydrogens is 204 g/mol. The fourth-order valence-electron chi connectivity index (χ4n) is 2.32. The molecule has 0 saturated carbocycles. The van der Waals surface area contributed by atoms with Gasteiger partial charge in [0, 0.05) is 36.3 Å². The highest BCUT2D eigenvalue weighted by Crippen LogP contribution is 2.25. The van der Waals surface area contributed by atoms with Gasteiger partial charge in [-0.1, -0.05) is 0 Å². The molecule has 2 rings (SSSR count). The number of aromatic nitrogens is 1. The van der Waals surface area contributed by atoms with Gasteiger partial charge in [0.15, 0.2) is 5.78 Å². The number of fused-ring (bicyclic) bond motifs is 1. The average molecular weight is 220 g/mol. The second-order valence-electron chi connectivity index (χ2n) is 4.29. The second-order valence-corrected chi connectivity index (χ2v) is 4.29. The van der Waals surface area contributed by atoms with E-state index in [0.29, 0.717) is 19.4 Å². The van der Waals surface area contributed by atoms with Crippen molar-refractivity contribution in [2.45, 2.75) is 39.2 Å². The zero-order valence-corrected chi connectivity index (χ0v) is 9.45. The largest absolute Gasteiger partial charge is 0.370 e. The molecule has 0 atom stereocenters. The molecule has 86 valence electrons. The molecule has 0 fully saturated rings. The summed E-state index contributed by atoms with van der Waals surface area (Å²) in [6, 6.07) is 1.93. The summed E-state index contributed by atoms with van der Waals surface area (Å²) in [5, 5.41) is 0. The first kappa shape index (κ1) is 10.9. The van der Waals surface area contributed by atoms with E-state index in [-0.39, 0.29) is 11.7 Å². The van der Waals surface area contributed by atoms with Crippen molar-refractivity contribution < 1.29 is 9.59 Å². The number of carbonyl (C=O) groups excluding carboxylic acids is 2. The molecule has 4 heteroatoms. The summed E-state index contributed by atoms with van der Waals surface area (Å²) in [7, 11) is 0. The molecule has 1 aliphatic carbocycles. The number of nitrogens with zero attached hydrogens (tertiary/aromatic N) is 1. The Hall–Kier alpha value is -1.58. The molecule has 1 aromatic heterocycles. The van der Waals surface area contributed by atoms with Crippen LogP contribution in [0.1, 0.15) is 41.0 Å². The molecule has 1 heterocycles. The third-order valence-corrected chi connectivity index (χ3v) is 3.12. The molecule has 0 bridgehead atoms. The van der Waals surface area contributed by atoms with Crippen molar-refractivity contribution in [3.63, 3.8) is 0 Å². The minimum Gasteiger partial charge on any atom is -0.370 e. The van der Waals surface area contributed by atoms with Crippen LogP contribution in [0.5, 0.6) is 0 Å². The van der Waals surface area contributed by atoms with Crippen molar-refractivity contribution in [3.05, 3.63) is 23.0 Å². The Balaban J connectivity index is 2.31. The molecule has 0 aliphatic heterocycles. The van der Waals surface area contributed by atoms with Crippen LogP contribution in [0.2, 0.25) is 0 Å². The first-order valence-corrected chi connectivity index (χ1v) is 5.60. The van der Waals surface area contributed by atoms with Crippen LogP contribution in [0.25, 0.3) is 0 Å². The van der Waals surface area contributed by atoms with Crippen molar-refractivity contribution in [2.75, 3.05) is 0 Å². The third-order valence-electron chi connectivity index (χ3n) is 3.12. The van der Waals surface area contributed by atoms with E-state index in [2.05, 4.69) is 4.57 Å². The predicted molar refractivity (Wildman–Crippen MR) is 60.2 cm³/mol. The lowest BCUT2D eigenvalue weighted by molar-refractivity contribution is -0.118. The van der Waals surface area contributed by atoms with E-state index < -0.39 is 0 Å². The molecular formula is C12H16N2O2. The quantitative estimate of drug-likeness (QED) is 0.831. The number of Topliss-reactive ketones (excluding diaryl/α,β-unsaturated/α-hetero) is 1. The maximum absolute atomic E-state index is 11.7. The van der Waals surface area contributed by atoms with E-state index in [1.807, 2.05) is 13.0 Å². The van der Waals surface area contributed by atoms with Crippen LogP contribution >= 0.6 is 0 Å².